The van der Waals surface area contributed by atoms with Gasteiger partial charge in [0.15, 0.2) is 0 Å². The first-order valence-corrected chi connectivity index (χ1v) is 5.84. The molecule has 14 heavy (non-hydrogen) atoms. The molecule has 0 bridgehead atoms. The molecule has 0 radical (unpaired) electrons. The lowest BCUT2D eigenvalue weighted by molar-refractivity contribution is 0.322. The van der Waals surface area contributed by atoms with Crippen LogP contribution in [0.15, 0.2) is 24.8 Å². The fourth-order valence-electron chi connectivity index (χ4n) is 1.41. The summed E-state index contributed by atoms with van der Waals surface area (Å²) >= 11 is 1.75. The highest BCUT2D eigenvalue weighted by molar-refractivity contribution is 7.98. The van der Waals surface area contributed by atoms with Gasteiger partial charge in [-0.3, -0.25) is 0 Å². The van der Waals surface area contributed by atoms with Crippen LogP contribution in [-0.2, 0) is 5.75 Å². The maximum atomic E-state index is 8.68. The molecule has 76 valence electrons. The van der Waals surface area contributed by atoms with Crippen LogP contribution in [0.3, 0.4) is 0 Å². The standard InChI is InChI=1S/C12H16OS/c1-3-12-10(2)5-4-6-11(12)9-14-8-7-13/h3-6,13H,1,7-9H2,2H3. The quantitative estimate of drug-likeness (QED) is 0.751. The number of hydrogen-bond donors (Lipinski definition) is 1. The van der Waals surface area contributed by atoms with Crippen LogP contribution in [0.5, 0.6) is 0 Å². The molecule has 1 nitrogen and oxygen atoms in total. The van der Waals surface area contributed by atoms with Gasteiger partial charge in [0.05, 0.1) is 6.61 Å². The predicted octanol–water partition coefficient (Wildman–Crippen LogP) is 2.86. The molecule has 0 unspecified atom stereocenters. The Bertz CT molecular complexity index is 307. The van der Waals surface area contributed by atoms with Gasteiger partial charge >= 0.3 is 0 Å². The number of aliphatic hydroxyl groups excluding tert-OH is 1. The van der Waals surface area contributed by atoms with E-state index in [1.807, 2.05) is 6.08 Å². The molecule has 0 heterocycles. The van der Waals surface area contributed by atoms with Gasteiger partial charge in [-0.15, -0.1) is 0 Å². The zero-order valence-corrected chi connectivity index (χ0v) is 9.31. The third kappa shape index (κ3) is 2.89. The maximum Gasteiger partial charge on any atom is 0.0521 e. The van der Waals surface area contributed by atoms with Crippen molar-refractivity contribution in [1.82, 2.24) is 0 Å². The Hall–Kier alpha value is -0.730. The van der Waals surface area contributed by atoms with Crippen molar-refractivity contribution in [1.29, 1.82) is 0 Å². The van der Waals surface area contributed by atoms with Crippen LogP contribution in [0.1, 0.15) is 16.7 Å². The number of rotatable bonds is 5. The Morgan fingerprint density at radius 1 is 1.50 bits per heavy atom. The van der Waals surface area contributed by atoms with Crippen molar-refractivity contribution in [2.45, 2.75) is 12.7 Å². The van der Waals surface area contributed by atoms with Gasteiger partial charge < -0.3 is 5.11 Å². The zero-order chi connectivity index (χ0) is 10.4. The van der Waals surface area contributed by atoms with Crippen LogP contribution in [0, 0.1) is 6.92 Å². The highest BCUT2D eigenvalue weighted by Gasteiger charge is 2.01. The largest absolute Gasteiger partial charge is 0.396 e. The average Bonchev–Trinajstić information content (AvgIpc) is 2.18. The molecule has 0 aliphatic carbocycles. The van der Waals surface area contributed by atoms with Crippen molar-refractivity contribution in [2.75, 3.05) is 12.4 Å². The average molecular weight is 208 g/mol. The van der Waals surface area contributed by atoms with Crippen molar-refractivity contribution in [3.63, 3.8) is 0 Å². The number of aliphatic hydroxyl groups is 1. The molecule has 0 aliphatic rings. The van der Waals surface area contributed by atoms with E-state index in [9.17, 15) is 0 Å². The van der Waals surface area contributed by atoms with Gasteiger partial charge in [-0.1, -0.05) is 30.9 Å². The topological polar surface area (TPSA) is 20.2 Å². The fourth-order valence-corrected chi connectivity index (χ4v) is 2.15. The summed E-state index contributed by atoms with van der Waals surface area (Å²) in [7, 11) is 0. The first-order valence-electron chi connectivity index (χ1n) is 4.69. The Kier molecular flexibility index (Phi) is 4.77. The molecular formula is C12H16OS. The van der Waals surface area contributed by atoms with Gasteiger partial charge in [0, 0.05) is 11.5 Å². The third-order valence-corrected chi connectivity index (χ3v) is 3.10. The molecular weight excluding hydrogens is 192 g/mol. The van der Waals surface area contributed by atoms with E-state index in [1.165, 1.54) is 16.7 Å². The summed E-state index contributed by atoms with van der Waals surface area (Å²) in [5.74, 6) is 1.74. The first kappa shape index (κ1) is 11.3. The number of hydrogen-bond acceptors (Lipinski definition) is 2. The van der Waals surface area contributed by atoms with Crippen molar-refractivity contribution < 1.29 is 5.11 Å². The van der Waals surface area contributed by atoms with Crippen LogP contribution in [0.25, 0.3) is 6.08 Å². The van der Waals surface area contributed by atoms with Crippen molar-refractivity contribution in [2.24, 2.45) is 0 Å². The van der Waals surface area contributed by atoms with E-state index in [1.54, 1.807) is 11.8 Å². The minimum Gasteiger partial charge on any atom is -0.396 e. The molecule has 0 saturated heterocycles. The molecule has 0 aliphatic heterocycles. The highest BCUT2D eigenvalue weighted by Crippen LogP contribution is 2.20. The van der Waals surface area contributed by atoms with Crippen molar-refractivity contribution >= 4 is 17.8 Å². The minimum atomic E-state index is 0.250. The number of thioether (sulfide) groups is 1. The van der Waals surface area contributed by atoms with E-state index in [2.05, 4.69) is 31.7 Å². The third-order valence-electron chi connectivity index (χ3n) is 2.11. The molecule has 0 spiro atoms. The van der Waals surface area contributed by atoms with Gasteiger partial charge in [0.2, 0.25) is 0 Å². The second-order valence-electron chi connectivity index (χ2n) is 3.13. The Labute approximate surface area is 89.8 Å². The molecule has 1 rings (SSSR count). The van der Waals surface area contributed by atoms with Crippen LogP contribution in [0.4, 0.5) is 0 Å². The van der Waals surface area contributed by atoms with Crippen molar-refractivity contribution in [3.8, 4) is 0 Å². The van der Waals surface area contributed by atoms with Gasteiger partial charge in [0.1, 0.15) is 0 Å². The van der Waals surface area contributed by atoms with Crippen LogP contribution >= 0.6 is 11.8 Å². The second-order valence-corrected chi connectivity index (χ2v) is 4.23. The molecule has 1 aromatic carbocycles. The molecule has 1 aromatic rings. The molecule has 1 N–H and O–H groups in total. The monoisotopic (exact) mass is 208 g/mol. The summed E-state index contributed by atoms with van der Waals surface area (Å²) in [6, 6.07) is 6.28. The molecule has 2 heteroatoms. The lowest BCUT2D eigenvalue weighted by atomic mass is 10.0. The molecule has 0 amide bonds. The summed E-state index contributed by atoms with van der Waals surface area (Å²) in [5, 5.41) is 8.68. The zero-order valence-electron chi connectivity index (χ0n) is 8.49. The Balaban J connectivity index is 2.75. The van der Waals surface area contributed by atoms with E-state index < -0.39 is 0 Å². The Morgan fingerprint density at radius 2 is 2.29 bits per heavy atom. The number of aryl methyl sites for hydroxylation is 1. The van der Waals surface area contributed by atoms with E-state index in [0.29, 0.717) is 0 Å². The van der Waals surface area contributed by atoms with E-state index >= 15 is 0 Å². The first-order chi connectivity index (χ1) is 6.79. The molecule has 0 atom stereocenters. The summed E-state index contributed by atoms with van der Waals surface area (Å²) in [6.07, 6.45) is 1.91. The van der Waals surface area contributed by atoms with E-state index in [4.69, 9.17) is 5.11 Å². The Morgan fingerprint density at radius 3 is 2.93 bits per heavy atom. The van der Waals surface area contributed by atoms with Gasteiger partial charge in [-0.2, -0.15) is 11.8 Å². The highest BCUT2D eigenvalue weighted by atomic mass is 32.2. The lowest BCUT2D eigenvalue weighted by Crippen LogP contribution is -1.92. The van der Waals surface area contributed by atoms with Gasteiger partial charge in [-0.25, -0.2) is 0 Å². The normalized spacial score (nSPS) is 10.1. The minimum absolute atomic E-state index is 0.250. The van der Waals surface area contributed by atoms with Gasteiger partial charge in [0.25, 0.3) is 0 Å². The van der Waals surface area contributed by atoms with Gasteiger partial charge in [-0.05, 0) is 23.6 Å². The second kappa shape index (κ2) is 5.89. The van der Waals surface area contributed by atoms with Crippen LogP contribution in [-0.4, -0.2) is 17.5 Å². The van der Waals surface area contributed by atoms with Crippen molar-refractivity contribution in [3.05, 3.63) is 41.5 Å². The summed E-state index contributed by atoms with van der Waals surface area (Å²) in [5.41, 5.74) is 3.80. The number of benzene rings is 1. The molecule has 0 saturated carbocycles. The van der Waals surface area contributed by atoms with Crippen LogP contribution in [0.2, 0.25) is 0 Å². The van der Waals surface area contributed by atoms with Crippen LogP contribution < -0.4 is 0 Å². The maximum absolute atomic E-state index is 8.68. The summed E-state index contributed by atoms with van der Waals surface area (Å²) < 4.78 is 0. The molecule has 0 fully saturated rings. The summed E-state index contributed by atoms with van der Waals surface area (Å²) in [6.45, 7) is 6.17. The lowest BCUT2D eigenvalue weighted by Gasteiger charge is -2.08. The summed E-state index contributed by atoms with van der Waals surface area (Å²) in [4.78, 5) is 0. The SMILES string of the molecule is C=Cc1c(C)cccc1CSCCO. The smallest absolute Gasteiger partial charge is 0.0521 e. The molecule has 0 aromatic heterocycles. The predicted molar refractivity (Wildman–Crippen MR) is 64.5 cm³/mol. The van der Waals surface area contributed by atoms with E-state index in [0.717, 1.165) is 11.5 Å². The fraction of sp³-hybridized carbons (Fsp3) is 0.333. The van der Waals surface area contributed by atoms with E-state index in [-0.39, 0.29) is 6.61 Å².